The second-order valence-electron chi connectivity index (χ2n) is 8.17. The van der Waals surface area contributed by atoms with Gasteiger partial charge in [0.15, 0.2) is 5.11 Å². The summed E-state index contributed by atoms with van der Waals surface area (Å²) in [5, 5.41) is 4.12. The minimum Gasteiger partial charge on any atom is -0.497 e. The van der Waals surface area contributed by atoms with Crippen LogP contribution in [0.5, 0.6) is 11.5 Å². The Morgan fingerprint density at radius 3 is 2.47 bits per heavy atom. The Kier molecular flexibility index (Phi) is 5.94. The summed E-state index contributed by atoms with van der Waals surface area (Å²) in [5.41, 5.74) is 5.13. The predicted molar refractivity (Wildman–Crippen MR) is 138 cm³/mol. The van der Waals surface area contributed by atoms with Crippen LogP contribution in [-0.2, 0) is 0 Å². The molecule has 2 aromatic heterocycles. The van der Waals surface area contributed by atoms with Crippen molar-refractivity contribution in [1.82, 2.24) is 14.9 Å². The van der Waals surface area contributed by atoms with E-state index in [2.05, 4.69) is 69.3 Å². The molecule has 4 aromatic rings. The van der Waals surface area contributed by atoms with E-state index in [9.17, 15) is 0 Å². The molecule has 2 atom stereocenters. The first-order valence-electron chi connectivity index (χ1n) is 11.1. The van der Waals surface area contributed by atoms with Gasteiger partial charge < -0.3 is 24.3 Å². The van der Waals surface area contributed by atoms with Crippen molar-refractivity contribution < 1.29 is 9.47 Å². The van der Waals surface area contributed by atoms with Gasteiger partial charge in [0.05, 0.1) is 31.6 Å². The van der Waals surface area contributed by atoms with Gasteiger partial charge in [-0.15, -0.1) is 0 Å². The Morgan fingerprint density at radius 2 is 1.76 bits per heavy atom. The molecule has 1 N–H and O–H groups in total. The van der Waals surface area contributed by atoms with E-state index in [0.29, 0.717) is 10.9 Å². The van der Waals surface area contributed by atoms with Crippen molar-refractivity contribution in [3.8, 4) is 17.2 Å². The molecule has 34 heavy (non-hydrogen) atoms. The normalized spacial score (nSPS) is 17.5. The van der Waals surface area contributed by atoms with Crippen LogP contribution >= 0.6 is 12.2 Å². The van der Waals surface area contributed by atoms with Crippen molar-refractivity contribution >= 4 is 23.0 Å². The second-order valence-corrected chi connectivity index (χ2v) is 8.56. The number of nitrogens with zero attached hydrogens (tertiary/aromatic N) is 3. The monoisotopic (exact) mass is 470 g/mol. The molecule has 0 radical (unpaired) electrons. The number of benzene rings is 2. The van der Waals surface area contributed by atoms with Gasteiger partial charge in [-0.2, -0.15) is 0 Å². The molecule has 7 heteroatoms. The third-order valence-electron chi connectivity index (χ3n) is 6.14. The number of methoxy groups -OCH3 is 2. The smallest absolute Gasteiger partial charge is 0.174 e. The SMILES string of the molecule is COc1ccc(OC)c(N2C(=S)N[C@H](c3ccccn3)[C@H]2c2cccn2-c2ccc(C)cc2)c1. The minimum absolute atomic E-state index is 0.163. The molecule has 1 aliphatic heterocycles. The summed E-state index contributed by atoms with van der Waals surface area (Å²) in [4.78, 5) is 6.77. The van der Waals surface area contributed by atoms with E-state index in [0.717, 1.165) is 28.5 Å². The molecular formula is C27H26N4O2S. The molecule has 1 fully saturated rings. The summed E-state index contributed by atoms with van der Waals surface area (Å²) >= 11 is 5.90. The lowest BCUT2D eigenvalue weighted by Crippen LogP contribution is -2.30. The average Bonchev–Trinajstić information content (AvgIpc) is 3.49. The Balaban J connectivity index is 1.70. The lowest BCUT2D eigenvalue weighted by molar-refractivity contribution is 0.402. The molecule has 0 spiro atoms. The second kappa shape index (κ2) is 9.19. The highest BCUT2D eigenvalue weighted by molar-refractivity contribution is 7.80. The molecule has 172 valence electrons. The number of hydrogen-bond donors (Lipinski definition) is 1. The van der Waals surface area contributed by atoms with Crippen LogP contribution in [0.1, 0.15) is 29.0 Å². The van der Waals surface area contributed by atoms with Crippen molar-refractivity contribution in [3.63, 3.8) is 0 Å². The van der Waals surface area contributed by atoms with Gasteiger partial charge in [-0.25, -0.2) is 0 Å². The molecule has 2 aromatic carbocycles. The van der Waals surface area contributed by atoms with Crippen LogP contribution in [0.15, 0.2) is 85.2 Å². The van der Waals surface area contributed by atoms with Crippen molar-refractivity contribution in [3.05, 3.63) is 102 Å². The first-order chi connectivity index (χ1) is 16.6. The molecule has 0 bridgehead atoms. The molecule has 1 saturated heterocycles. The number of hydrogen-bond acceptors (Lipinski definition) is 4. The van der Waals surface area contributed by atoms with Crippen LogP contribution in [0.4, 0.5) is 5.69 Å². The molecule has 1 aliphatic rings. The fourth-order valence-electron chi connectivity index (χ4n) is 4.48. The fraction of sp³-hybridized carbons (Fsp3) is 0.185. The van der Waals surface area contributed by atoms with E-state index in [4.69, 9.17) is 21.7 Å². The summed E-state index contributed by atoms with van der Waals surface area (Å²) < 4.78 is 13.5. The topological polar surface area (TPSA) is 51.6 Å². The molecule has 0 aliphatic carbocycles. The van der Waals surface area contributed by atoms with Gasteiger partial charge in [-0.05, 0) is 67.7 Å². The lowest BCUT2D eigenvalue weighted by atomic mass is 10.0. The number of anilines is 1. The van der Waals surface area contributed by atoms with Crippen LogP contribution in [0, 0.1) is 6.92 Å². The van der Waals surface area contributed by atoms with Crippen LogP contribution in [0.2, 0.25) is 0 Å². The van der Waals surface area contributed by atoms with Gasteiger partial charge in [0.1, 0.15) is 17.5 Å². The van der Waals surface area contributed by atoms with Gasteiger partial charge >= 0.3 is 0 Å². The van der Waals surface area contributed by atoms with Gasteiger partial charge in [0, 0.05) is 29.8 Å². The number of thiocarbonyl (C=S) groups is 1. The van der Waals surface area contributed by atoms with Crippen LogP contribution in [0.25, 0.3) is 5.69 Å². The maximum Gasteiger partial charge on any atom is 0.174 e. The maximum atomic E-state index is 5.90. The van der Waals surface area contributed by atoms with Crippen LogP contribution in [0.3, 0.4) is 0 Å². The highest BCUT2D eigenvalue weighted by atomic mass is 32.1. The highest BCUT2D eigenvalue weighted by Crippen LogP contribution is 2.46. The van der Waals surface area contributed by atoms with Crippen LogP contribution in [-0.4, -0.2) is 28.9 Å². The number of aryl methyl sites for hydroxylation is 1. The molecule has 0 saturated carbocycles. The zero-order chi connectivity index (χ0) is 23.7. The van der Waals surface area contributed by atoms with E-state index in [1.165, 1.54) is 5.56 Å². The van der Waals surface area contributed by atoms with Gasteiger partial charge in [0.25, 0.3) is 0 Å². The van der Waals surface area contributed by atoms with Gasteiger partial charge in [-0.3, -0.25) is 4.98 Å². The van der Waals surface area contributed by atoms with Crippen molar-refractivity contribution in [2.45, 2.75) is 19.0 Å². The Hall–Kier alpha value is -3.84. The summed E-state index contributed by atoms with van der Waals surface area (Å²) in [5.74, 6) is 1.44. The highest BCUT2D eigenvalue weighted by Gasteiger charge is 2.43. The zero-order valence-corrected chi connectivity index (χ0v) is 20.1. The molecular weight excluding hydrogens is 444 g/mol. The summed E-state index contributed by atoms with van der Waals surface area (Å²) in [6.07, 6.45) is 3.89. The van der Waals surface area contributed by atoms with Gasteiger partial charge in [-0.1, -0.05) is 23.8 Å². The number of rotatable bonds is 6. The third-order valence-corrected chi connectivity index (χ3v) is 6.45. The predicted octanol–water partition coefficient (Wildman–Crippen LogP) is 5.38. The van der Waals surface area contributed by atoms with E-state index in [-0.39, 0.29) is 12.1 Å². The lowest BCUT2D eigenvalue weighted by Gasteiger charge is -2.30. The summed E-state index contributed by atoms with van der Waals surface area (Å²) in [7, 11) is 3.32. The van der Waals surface area contributed by atoms with E-state index >= 15 is 0 Å². The van der Waals surface area contributed by atoms with Gasteiger partial charge in [0.2, 0.25) is 0 Å². The first-order valence-corrected chi connectivity index (χ1v) is 11.5. The molecule has 0 amide bonds. The van der Waals surface area contributed by atoms with E-state index < -0.39 is 0 Å². The Labute approximate surface area is 204 Å². The molecule has 3 heterocycles. The zero-order valence-electron chi connectivity index (χ0n) is 19.3. The van der Waals surface area contributed by atoms with E-state index in [1.807, 2.05) is 42.6 Å². The van der Waals surface area contributed by atoms with Crippen LogP contribution < -0.4 is 19.7 Å². The maximum absolute atomic E-state index is 5.90. The van der Waals surface area contributed by atoms with Crippen molar-refractivity contribution in [2.24, 2.45) is 0 Å². The Morgan fingerprint density at radius 1 is 0.941 bits per heavy atom. The minimum atomic E-state index is -0.181. The van der Waals surface area contributed by atoms with Crippen molar-refractivity contribution in [2.75, 3.05) is 19.1 Å². The molecule has 6 nitrogen and oxygen atoms in total. The van der Waals surface area contributed by atoms with Crippen molar-refractivity contribution in [1.29, 1.82) is 0 Å². The summed E-state index contributed by atoms with van der Waals surface area (Å²) in [6.45, 7) is 2.09. The number of pyridine rings is 1. The molecule has 5 rings (SSSR count). The third kappa shape index (κ3) is 3.88. The first kappa shape index (κ1) is 22.0. The number of ether oxygens (including phenoxy) is 2. The summed E-state index contributed by atoms with van der Waals surface area (Å²) in [6, 6.07) is 24.0. The largest absolute Gasteiger partial charge is 0.497 e. The Bertz CT molecular complexity index is 1300. The quantitative estimate of drug-likeness (QED) is 0.382. The number of nitrogens with one attached hydrogen (secondary N) is 1. The fourth-order valence-corrected chi connectivity index (χ4v) is 4.81. The van der Waals surface area contributed by atoms with E-state index in [1.54, 1.807) is 14.2 Å². The standard InChI is InChI=1S/C27H26N4O2S/c1-18-9-11-19(12-10-18)30-16-6-8-22(30)26-25(21-7-4-5-15-28-21)29-27(34)31(26)23-17-20(32-2)13-14-24(23)33-3/h4-17,25-26H,1-3H3,(H,29,34)/t25-,26-/m1/s1. The molecule has 0 unspecified atom stereocenters. The number of aromatic nitrogens is 2. The average molecular weight is 471 g/mol.